The Morgan fingerprint density at radius 2 is 1.88 bits per heavy atom. The summed E-state index contributed by atoms with van der Waals surface area (Å²) in [5, 5.41) is 9.25. The lowest BCUT2D eigenvalue weighted by atomic mass is 9.79. The number of ether oxygens (including phenoxy) is 2. The van der Waals surface area contributed by atoms with Gasteiger partial charge in [-0.3, -0.25) is 9.47 Å². The number of aromatic nitrogens is 1. The Morgan fingerprint density at radius 1 is 1.19 bits per heavy atom. The number of hydrogen-bond donors (Lipinski definition) is 0. The van der Waals surface area contributed by atoms with E-state index in [0.717, 1.165) is 62.7 Å². The number of aryl methyl sites for hydroxylation is 1. The second kappa shape index (κ2) is 10.4. The molecule has 1 saturated heterocycles. The van der Waals surface area contributed by atoms with Crippen molar-refractivity contribution in [3.05, 3.63) is 33.8 Å². The van der Waals surface area contributed by atoms with E-state index in [1.54, 1.807) is 13.2 Å². The summed E-state index contributed by atoms with van der Waals surface area (Å²) in [5.74, 6) is -0.317. The third-order valence-corrected chi connectivity index (χ3v) is 7.32. The molecular weight excluding hydrogens is 430 g/mol. The van der Waals surface area contributed by atoms with E-state index in [1.807, 2.05) is 17.6 Å². The van der Waals surface area contributed by atoms with Crippen LogP contribution in [0.5, 0.6) is 0 Å². The van der Waals surface area contributed by atoms with Gasteiger partial charge in [-0.25, -0.2) is 4.79 Å². The van der Waals surface area contributed by atoms with E-state index in [0.29, 0.717) is 30.5 Å². The second-order valence-corrected chi connectivity index (χ2v) is 9.26. The number of nitriles is 1. The van der Waals surface area contributed by atoms with Gasteiger partial charge in [0.25, 0.3) is 0 Å². The van der Waals surface area contributed by atoms with Crippen molar-refractivity contribution < 1.29 is 13.9 Å². The molecule has 7 nitrogen and oxygen atoms in total. The minimum absolute atomic E-state index is 0. The van der Waals surface area contributed by atoms with E-state index in [4.69, 9.17) is 13.9 Å². The molecule has 32 heavy (non-hydrogen) atoms. The first-order chi connectivity index (χ1) is 14.9. The summed E-state index contributed by atoms with van der Waals surface area (Å²) in [7, 11) is 1.70. The van der Waals surface area contributed by atoms with Crippen LogP contribution in [0, 0.1) is 18.3 Å². The molecule has 1 saturated carbocycles. The molecule has 0 amide bonds. The number of nitrogens with zero attached hydrogens (tertiary/aromatic N) is 3. The Bertz CT molecular complexity index is 1010. The van der Waals surface area contributed by atoms with E-state index >= 15 is 0 Å². The highest BCUT2D eigenvalue weighted by molar-refractivity contribution is 5.85. The molecule has 2 fully saturated rings. The molecule has 0 radical (unpaired) electrons. The lowest BCUT2D eigenvalue weighted by Crippen LogP contribution is -2.53. The van der Waals surface area contributed by atoms with Gasteiger partial charge in [0.15, 0.2) is 5.58 Å². The SMILES string of the molecule is COCCOC1CCC(C)(N2CCC(n3c(=O)oc4cc(C#N)c(C)cc43)CC2)CC1.Cl. The van der Waals surface area contributed by atoms with Gasteiger partial charge in [0.2, 0.25) is 0 Å². The zero-order chi connectivity index (χ0) is 22.0. The zero-order valence-electron chi connectivity index (χ0n) is 19.3. The molecule has 8 heteroatoms. The maximum atomic E-state index is 12.6. The first kappa shape index (κ1) is 24.8. The number of piperidine rings is 1. The summed E-state index contributed by atoms with van der Waals surface area (Å²) in [6.45, 7) is 7.56. The van der Waals surface area contributed by atoms with Crippen molar-refractivity contribution in [3.63, 3.8) is 0 Å². The molecule has 1 aliphatic carbocycles. The van der Waals surface area contributed by atoms with E-state index in [-0.39, 0.29) is 29.7 Å². The third kappa shape index (κ3) is 4.89. The van der Waals surface area contributed by atoms with E-state index in [2.05, 4.69) is 17.9 Å². The number of benzene rings is 1. The maximum Gasteiger partial charge on any atom is 0.420 e. The Kier molecular flexibility index (Phi) is 8.05. The van der Waals surface area contributed by atoms with Crippen LogP contribution in [0.3, 0.4) is 0 Å². The van der Waals surface area contributed by atoms with E-state index in [9.17, 15) is 10.1 Å². The van der Waals surface area contributed by atoms with Crippen molar-refractivity contribution in [1.82, 2.24) is 9.47 Å². The van der Waals surface area contributed by atoms with Gasteiger partial charge in [-0.2, -0.15) is 5.26 Å². The maximum absolute atomic E-state index is 12.6. The van der Waals surface area contributed by atoms with Crippen LogP contribution in [0.2, 0.25) is 0 Å². The van der Waals surface area contributed by atoms with Gasteiger partial charge in [0.05, 0.1) is 36.5 Å². The lowest BCUT2D eigenvalue weighted by molar-refractivity contribution is -0.0419. The van der Waals surface area contributed by atoms with Crippen LogP contribution in [0.15, 0.2) is 21.3 Å². The Balaban J connectivity index is 0.00000289. The first-order valence-corrected chi connectivity index (χ1v) is 11.4. The highest BCUT2D eigenvalue weighted by Crippen LogP contribution is 2.38. The number of methoxy groups -OCH3 is 1. The highest BCUT2D eigenvalue weighted by atomic mass is 35.5. The predicted octanol–water partition coefficient (Wildman–Crippen LogP) is 4.20. The largest absolute Gasteiger partial charge is 0.420 e. The molecule has 2 aliphatic rings. The Hall–Kier alpha value is -1.85. The molecule has 176 valence electrons. The summed E-state index contributed by atoms with van der Waals surface area (Å²) < 4.78 is 18.3. The smallest absolute Gasteiger partial charge is 0.408 e. The average molecular weight is 464 g/mol. The van der Waals surface area contributed by atoms with Crippen LogP contribution in [0.1, 0.15) is 62.6 Å². The quantitative estimate of drug-likeness (QED) is 0.597. The Morgan fingerprint density at radius 3 is 2.50 bits per heavy atom. The Labute approximate surface area is 195 Å². The van der Waals surface area contributed by atoms with Crippen molar-refractivity contribution in [2.45, 2.75) is 70.1 Å². The monoisotopic (exact) mass is 463 g/mol. The second-order valence-electron chi connectivity index (χ2n) is 9.26. The minimum Gasteiger partial charge on any atom is -0.408 e. The van der Waals surface area contributed by atoms with Crippen molar-refractivity contribution in [2.75, 3.05) is 33.4 Å². The lowest BCUT2D eigenvalue weighted by Gasteiger charge is -2.48. The van der Waals surface area contributed by atoms with Crippen molar-refractivity contribution in [3.8, 4) is 6.07 Å². The molecule has 2 heterocycles. The number of halogens is 1. The molecule has 0 atom stereocenters. The number of likely N-dealkylation sites (tertiary alicyclic amines) is 1. The third-order valence-electron chi connectivity index (χ3n) is 7.32. The van der Waals surface area contributed by atoms with Crippen LogP contribution >= 0.6 is 12.4 Å². The molecule has 1 aliphatic heterocycles. The van der Waals surface area contributed by atoms with Gasteiger partial charge in [0, 0.05) is 37.8 Å². The fourth-order valence-electron chi connectivity index (χ4n) is 5.31. The van der Waals surface area contributed by atoms with Gasteiger partial charge >= 0.3 is 5.76 Å². The zero-order valence-corrected chi connectivity index (χ0v) is 20.1. The van der Waals surface area contributed by atoms with Crippen LogP contribution in [0.25, 0.3) is 11.1 Å². The summed E-state index contributed by atoms with van der Waals surface area (Å²) >= 11 is 0. The average Bonchev–Trinajstić information content (AvgIpc) is 3.09. The summed E-state index contributed by atoms with van der Waals surface area (Å²) in [6.07, 6.45) is 6.66. The normalized spacial score (nSPS) is 24.9. The van der Waals surface area contributed by atoms with Crippen LogP contribution < -0.4 is 5.76 Å². The molecule has 1 aromatic carbocycles. The van der Waals surface area contributed by atoms with E-state index < -0.39 is 0 Å². The summed E-state index contributed by atoms with van der Waals surface area (Å²) in [5.41, 5.74) is 2.94. The van der Waals surface area contributed by atoms with Crippen LogP contribution in [0.4, 0.5) is 0 Å². The van der Waals surface area contributed by atoms with Gasteiger partial charge in [0.1, 0.15) is 0 Å². The van der Waals surface area contributed by atoms with Gasteiger partial charge in [-0.1, -0.05) is 0 Å². The number of rotatable bonds is 6. The summed E-state index contributed by atoms with van der Waals surface area (Å²) in [6, 6.07) is 5.90. The molecule has 4 rings (SSSR count). The molecule has 0 bridgehead atoms. The molecule has 0 spiro atoms. The molecule has 2 aromatic rings. The predicted molar refractivity (Wildman–Crippen MR) is 126 cm³/mol. The fraction of sp³-hybridized carbons (Fsp3) is 0.667. The molecular formula is C24H34ClN3O4. The van der Waals surface area contributed by atoms with Gasteiger partial charge < -0.3 is 13.9 Å². The van der Waals surface area contributed by atoms with Crippen LogP contribution in [-0.4, -0.2) is 54.5 Å². The van der Waals surface area contributed by atoms with Gasteiger partial charge in [-0.05, 0) is 64.0 Å². The number of hydrogen-bond acceptors (Lipinski definition) is 6. The topological polar surface area (TPSA) is 80.6 Å². The van der Waals surface area contributed by atoms with Crippen molar-refractivity contribution in [1.29, 1.82) is 5.26 Å². The van der Waals surface area contributed by atoms with Gasteiger partial charge in [-0.15, -0.1) is 12.4 Å². The fourth-order valence-corrected chi connectivity index (χ4v) is 5.31. The molecule has 1 aromatic heterocycles. The highest BCUT2D eigenvalue weighted by Gasteiger charge is 2.38. The van der Waals surface area contributed by atoms with Crippen LogP contribution in [-0.2, 0) is 9.47 Å². The number of oxazole rings is 1. The molecule has 0 N–H and O–H groups in total. The summed E-state index contributed by atoms with van der Waals surface area (Å²) in [4.78, 5) is 15.2. The standard InChI is InChI=1S/C24H33N3O4.ClH/c1-17-14-21-22(15-18(17)16-25)31-23(28)27(21)19-6-10-26(11-7-19)24(2)8-4-20(5-9-24)30-13-12-29-3;/h14-15,19-20H,4-13H2,1-3H3;1H. The van der Waals surface area contributed by atoms with E-state index in [1.165, 1.54) is 0 Å². The first-order valence-electron chi connectivity index (χ1n) is 11.4. The minimum atomic E-state index is -0.317. The van der Waals surface area contributed by atoms with Crippen molar-refractivity contribution >= 4 is 23.5 Å². The number of fused-ring (bicyclic) bond motifs is 1. The molecule has 0 unspecified atom stereocenters. The van der Waals surface area contributed by atoms with Crippen molar-refractivity contribution in [2.24, 2.45) is 0 Å².